The molecule has 1 rings (SSSR count). The summed E-state index contributed by atoms with van der Waals surface area (Å²) in [5.41, 5.74) is 6.17. The minimum atomic E-state index is -4.43. The number of nitrogens with two attached hydrogens (primary N) is 1. The van der Waals surface area contributed by atoms with Crippen LogP contribution in [0.5, 0.6) is 0 Å². The average molecular weight is 274 g/mol. The molecule has 1 aromatic rings. The van der Waals surface area contributed by atoms with Gasteiger partial charge in [-0.25, -0.2) is 0 Å². The van der Waals surface area contributed by atoms with Crippen LogP contribution >= 0.6 is 0 Å². The maximum absolute atomic E-state index is 12.5. The zero-order chi connectivity index (χ0) is 14.5. The number of carbonyl (C=O) groups is 1. The summed E-state index contributed by atoms with van der Waals surface area (Å²) in [5, 5.41) is 0. The molecule has 0 bridgehead atoms. The monoisotopic (exact) mass is 274 g/mol. The van der Waals surface area contributed by atoms with Crippen LogP contribution in [0.25, 0.3) is 0 Å². The molecule has 3 nitrogen and oxygen atoms in total. The second-order valence-electron chi connectivity index (χ2n) is 4.31. The van der Waals surface area contributed by atoms with Crippen LogP contribution in [0.3, 0.4) is 0 Å². The number of alkyl halides is 3. The average Bonchev–Trinajstić information content (AvgIpc) is 2.36. The van der Waals surface area contributed by atoms with Crippen molar-refractivity contribution < 1.29 is 18.0 Å². The van der Waals surface area contributed by atoms with Gasteiger partial charge in [-0.3, -0.25) is 4.79 Å². The van der Waals surface area contributed by atoms with Gasteiger partial charge in [-0.2, -0.15) is 13.2 Å². The van der Waals surface area contributed by atoms with Gasteiger partial charge >= 0.3 is 6.18 Å². The topological polar surface area (TPSA) is 46.3 Å². The Hall–Kier alpha value is -1.56. The van der Waals surface area contributed by atoms with Gasteiger partial charge in [0.15, 0.2) is 0 Å². The first-order valence-electron chi connectivity index (χ1n) is 5.98. The number of nitrogens with zero attached hydrogens (tertiary/aromatic N) is 1. The third-order valence-electron chi connectivity index (χ3n) is 2.66. The lowest BCUT2D eigenvalue weighted by Gasteiger charge is -2.26. The molecule has 106 valence electrons. The number of halogens is 3. The van der Waals surface area contributed by atoms with Crippen molar-refractivity contribution in [1.82, 2.24) is 4.90 Å². The van der Waals surface area contributed by atoms with Crippen LogP contribution in [0.4, 0.5) is 13.2 Å². The Labute approximate surface area is 110 Å². The molecule has 2 N–H and O–H groups in total. The summed E-state index contributed by atoms with van der Waals surface area (Å²) in [6, 6.07) is 7.64. The fourth-order valence-electron chi connectivity index (χ4n) is 1.64. The minimum absolute atomic E-state index is 0.0904. The third-order valence-corrected chi connectivity index (χ3v) is 2.66. The molecule has 0 saturated carbocycles. The fourth-order valence-corrected chi connectivity index (χ4v) is 1.64. The first kappa shape index (κ1) is 15.5. The van der Waals surface area contributed by atoms with Crippen molar-refractivity contribution in [2.24, 2.45) is 5.73 Å². The van der Waals surface area contributed by atoms with Crippen LogP contribution in [-0.2, 0) is 11.3 Å². The van der Waals surface area contributed by atoms with E-state index >= 15 is 0 Å². The second-order valence-corrected chi connectivity index (χ2v) is 4.31. The van der Waals surface area contributed by atoms with Gasteiger partial charge in [-0.1, -0.05) is 37.3 Å². The standard InChI is InChI=1S/C13H17F3N2O/c1-2-11(17)12(19)18(9-13(14,15)16)8-10-6-4-3-5-7-10/h3-7,11H,2,8-9,17H2,1H3/t11-/m1/s1. The molecule has 1 amide bonds. The Morgan fingerprint density at radius 2 is 1.89 bits per heavy atom. The molecule has 1 atom stereocenters. The first-order chi connectivity index (χ1) is 8.83. The quantitative estimate of drug-likeness (QED) is 0.895. The lowest BCUT2D eigenvalue weighted by Crippen LogP contribution is -2.46. The van der Waals surface area contributed by atoms with E-state index in [2.05, 4.69) is 0 Å². The summed E-state index contributed by atoms with van der Waals surface area (Å²) in [7, 11) is 0. The third kappa shape index (κ3) is 5.30. The van der Waals surface area contributed by atoms with Crippen LogP contribution in [0.15, 0.2) is 30.3 Å². The molecule has 6 heteroatoms. The van der Waals surface area contributed by atoms with Gasteiger partial charge in [0.05, 0.1) is 6.04 Å². The zero-order valence-electron chi connectivity index (χ0n) is 10.7. The Morgan fingerprint density at radius 1 is 1.32 bits per heavy atom. The zero-order valence-corrected chi connectivity index (χ0v) is 10.7. The largest absolute Gasteiger partial charge is 0.406 e. The summed E-state index contributed by atoms with van der Waals surface area (Å²) in [4.78, 5) is 12.6. The molecule has 0 aliphatic rings. The van der Waals surface area contributed by atoms with Gasteiger partial charge in [-0.15, -0.1) is 0 Å². The van der Waals surface area contributed by atoms with Gasteiger partial charge < -0.3 is 10.6 Å². The van der Waals surface area contributed by atoms with Gasteiger partial charge in [0.2, 0.25) is 5.91 Å². The van der Waals surface area contributed by atoms with E-state index in [1.165, 1.54) is 0 Å². The highest BCUT2D eigenvalue weighted by molar-refractivity contribution is 5.81. The van der Waals surface area contributed by atoms with Crippen molar-refractivity contribution >= 4 is 5.91 Å². The molecule has 0 saturated heterocycles. The fraction of sp³-hybridized carbons (Fsp3) is 0.462. The minimum Gasteiger partial charge on any atom is -0.328 e. The summed E-state index contributed by atoms with van der Waals surface area (Å²) in [6.07, 6.45) is -4.13. The molecular weight excluding hydrogens is 257 g/mol. The molecule has 0 unspecified atom stereocenters. The van der Waals surface area contributed by atoms with Crippen LogP contribution < -0.4 is 5.73 Å². The van der Waals surface area contributed by atoms with Crippen molar-refractivity contribution in [2.45, 2.75) is 32.1 Å². The number of carbonyl (C=O) groups excluding carboxylic acids is 1. The number of hydrogen-bond donors (Lipinski definition) is 1. The van der Waals surface area contributed by atoms with E-state index in [1.54, 1.807) is 37.3 Å². The smallest absolute Gasteiger partial charge is 0.328 e. The van der Waals surface area contributed by atoms with Crippen molar-refractivity contribution in [2.75, 3.05) is 6.54 Å². The van der Waals surface area contributed by atoms with Crippen molar-refractivity contribution in [1.29, 1.82) is 0 Å². The number of benzene rings is 1. The number of rotatable bonds is 5. The van der Waals surface area contributed by atoms with E-state index in [-0.39, 0.29) is 6.54 Å². The molecule has 0 aliphatic carbocycles. The van der Waals surface area contributed by atoms with E-state index in [4.69, 9.17) is 5.73 Å². The summed E-state index contributed by atoms with van der Waals surface area (Å²) in [5.74, 6) is -0.677. The lowest BCUT2D eigenvalue weighted by atomic mass is 10.1. The molecule has 1 aromatic carbocycles. The predicted octanol–water partition coefficient (Wildman–Crippen LogP) is 2.31. The molecule has 19 heavy (non-hydrogen) atoms. The number of amides is 1. The van der Waals surface area contributed by atoms with E-state index < -0.39 is 24.7 Å². The second kappa shape index (κ2) is 6.56. The predicted molar refractivity (Wildman–Crippen MR) is 66.2 cm³/mol. The van der Waals surface area contributed by atoms with E-state index in [0.29, 0.717) is 12.0 Å². The first-order valence-corrected chi connectivity index (χ1v) is 5.98. The van der Waals surface area contributed by atoms with Gasteiger partial charge in [0, 0.05) is 6.54 Å². The highest BCUT2D eigenvalue weighted by Crippen LogP contribution is 2.19. The van der Waals surface area contributed by atoms with Crippen LogP contribution in [0.2, 0.25) is 0 Å². The summed E-state index contributed by atoms with van der Waals surface area (Å²) < 4.78 is 37.5. The Morgan fingerprint density at radius 3 is 2.37 bits per heavy atom. The highest BCUT2D eigenvalue weighted by Gasteiger charge is 2.34. The van der Waals surface area contributed by atoms with Crippen LogP contribution in [0.1, 0.15) is 18.9 Å². The van der Waals surface area contributed by atoms with Crippen LogP contribution in [-0.4, -0.2) is 29.6 Å². The highest BCUT2D eigenvalue weighted by atomic mass is 19.4. The van der Waals surface area contributed by atoms with Crippen molar-refractivity contribution in [3.63, 3.8) is 0 Å². The molecule has 0 fully saturated rings. The Kier molecular flexibility index (Phi) is 5.35. The Balaban J connectivity index is 2.83. The van der Waals surface area contributed by atoms with E-state index in [0.717, 1.165) is 4.90 Å². The number of hydrogen-bond acceptors (Lipinski definition) is 2. The molecule has 0 heterocycles. The molecule has 0 spiro atoms. The molecule has 0 aliphatic heterocycles. The lowest BCUT2D eigenvalue weighted by molar-refractivity contribution is -0.163. The van der Waals surface area contributed by atoms with Gasteiger partial charge in [-0.05, 0) is 12.0 Å². The van der Waals surface area contributed by atoms with Crippen LogP contribution in [0, 0.1) is 0 Å². The molecule has 0 radical (unpaired) electrons. The maximum Gasteiger partial charge on any atom is 0.406 e. The summed E-state index contributed by atoms with van der Waals surface area (Å²) in [6.45, 7) is 0.290. The van der Waals surface area contributed by atoms with E-state index in [1.807, 2.05) is 0 Å². The maximum atomic E-state index is 12.5. The SMILES string of the molecule is CC[C@@H](N)C(=O)N(Cc1ccccc1)CC(F)(F)F. The van der Waals surface area contributed by atoms with Crippen molar-refractivity contribution in [3.05, 3.63) is 35.9 Å². The van der Waals surface area contributed by atoms with Gasteiger partial charge in [0.1, 0.15) is 6.54 Å². The molecular formula is C13H17F3N2O. The Bertz CT molecular complexity index is 406. The van der Waals surface area contributed by atoms with Gasteiger partial charge in [0.25, 0.3) is 0 Å². The normalized spacial score (nSPS) is 13.1. The summed E-state index contributed by atoms with van der Waals surface area (Å²) >= 11 is 0. The van der Waals surface area contributed by atoms with E-state index in [9.17, 15) is 18.0 Å². The molecule has 0 aromatic heterocycles. The van der Waals surface area contributed by atoms with Crippen molar-refractivity contribution in [3.8, 4) is 0 Å².